The summed E-state index contributed by atoms with van der Waals surface area (Å²) in [6.07, 6.45) is 2.87. The zero-order valence-electron chi connectivity index (χ0n) is 11.3. The van der Waals surface area contributed by atoms with Crippen molar-refractivity contribution < 1.29 is 0 Å². The second-order valence-electron chi connectivity index (χ2n) is 3.97. The standard InChI is InChI=1S/C13H22N4.HI/c1-4-11(3)17-13(14-5-2)16-10-12-8-6-7-9-15-12;/h6-9,11H,4-5,10H2,1-3H3,(H2,14,16,17);1H. The summed E-state index contributed by atoms with van der Waals surface area (Å²) in [6, 6.07) is 6.30. The van der Waals surface area contributed by atoms with Crippen molar-refractivity contribution in [2.24, 2.45) is 4.99 Å². The van der Waals surface area contributed by atoms with E-state index in [0.29, 0.717) is 12.6 Å². The number of guanidine groups is 1. The summed E-state index contributed by atoms with van der Waals surface area (Å²) in [5.74, 6) is 0.854. The van der Waals surface area contributed by atoms with Gasteiger partial charge in [-0.05, 0) is 32.4 Å². The smallest absolute Gasteiger partial charge is 0.191 e. The normalized spacial score (nSPS) is 12.5. The van der Waals surface area contributed by atoms with Crippen LogP contribution in [0.4, 0.5) is 0 Å². The molecule has 0 aliphatic rings. The van der Waals surface area contributed by atoms with E-state index in [9.17, 15) is 0 Å². The van der Waals surface area contributed by atoms with E-state index in [1.165, 1.54) is 0 Å². The third kappa shape index (κ3) is 6.78. The zero-order valence-corrected chi connectivity index (χ0v) is 13.6. The van der Waals surface area contributed by atoms with E-state index in [1.54, 1.807) is 6.20 Å². The third-order valence-corrected chi connectivity index (χ3v) is 2.47. The Morgan fingerprint density at radius 2 is 2.17 bits per heavy atom. The molecule has 0 bridgehead atoms. The molecule has 1 atom stereocenters. The topological polar surface area (TPSA) is 49.3 Å². The Kier molecular flexibility index (Phi) is 9.63. The SMILES string of the molecule is CCNC(=NCc1ccccn1)NC(C)CC.I. The molecule has 0 aliphatic carbocycles. The van der Waals surface area contributed by atoms with E-state index in [0.717, 1.165) is 24.6 Å². The summed E-state index contributed by atoms with van der Waals surface area (Å²) in [7, 11) is 0. The highest BCUT2D eigenvalue weighted by Gasteiger charge is 2.02. The van der Waals surface area contributed by atoms with Crippen LogP contribution in [0.5, 0.6) is 0 Å². The minimum Gasteiger partial charge on any atom is -0.357 e. The van der Waals surface area contributed by atoms with Gasteiger partial charge in [0.05, 0.1) is 12.2 Å². The number of aliphatic imine (C=N–C) groups is 1. The fourth-order valence-electron chi connectivity index (χ4n) is 1.31. The monoisotopic (exact) mass is 362 g/mol. The number of hydrogen-bond acceptors (Lipinski definition) is 2. The van der Waals surface area contributed by atoms with Crippen molar-refractivity contribution >= 4 is 29.9 Å². The molecule has 18 heavy (non-hydrogen) atoms. The third-order valence-electron chi connectivity index (χ3n) is 2.47. The van der Waals surface area contributed by atoms with Crippen LogP contribution in [0, 0.1) is 0 Å². The molecule has 0 spiro atoms. The van der Waals surface area contributed by atoms with Gasteiger partial charge in [-0.2, -0.15) is 0 Å². The van der Waals surface area contributed by atoms with Crippen LogP contribution in [0.2, 0.25) is 0 Å². The maximum atomic E-state index is 4.50. The first kappa shape index (κ1) is 17.2. The lowest BCUT2D eigenvalue weighted by molar-refractivity contribution is 0.624. The first-order valence-corrected chi connectivity index (χ1v) is 6.21. The number of pyridine rings is 1. The number of hydrogen-bond donors (Lipinski definition) is 2. The average Bonchev–Trinajstić information content (AvgIpc) is 2.37. The lowest BCUT2D eigenvalue weighted by Gasteiger charge is -2.16. The fraction of sp³-hybridized carbons (Fsp3) is 0.538. The Labute approximate surface area is 127 Å². The van der Waals surface area contributed by atoms with Crippen LogP contribution >= 0.6 is 24.0 Å². The summed E-state index contributed by atoms with van der Waals surface area (Å²) in [4.78, 5) is 8.75. The van der Waals surface area contributed by atoms with E-state index < -0.39 is 0 Å². The summed E-state index contributed by atoms with van der Waals surface area (Å²) in [6.45, 7) is 7.83. The molecule has 0 fully saturated rings. The van der Waals surface area contributed by atoms with Gasteiger partial charge in [-0.15, -0.1) is 24.0 Å². The van der Waals surface area contributed by atoms with Crippen LogP contribution in [-0.2, 0) is 6.54 Å². The molecule has 0 radical (unpaired) electrons. The molecule has 0 saturated carbocycles. The van der Waals surface area contributed by atoms with Crippen LogP contribution in [0.1, 0.15) is 32.9 Å². The van der Waals surface area contributed by atoms with Gasteiger partial charge in [-0.25, -0.2) is 4.99 Å². The number of aromatic nitrogens is 1. The molecule has 1 aromatic rings. The van der Waals surface area contributed by atoms with Crippen LogP contribution in [0.3, 0.4) is 0 Å². The molecule has 1 unspecified atom stereocenters. The molecule has 5 heteroatoms. The van der Waals surface area contributed by atoms with Crippen molar-refractivity contribution in [1.82, 2.24) is 15.6 Å². The van der Waals surface area contributed by atoms with E-state index in [2.05, 4.69) is 41.4 Å². The van der Waals surface area contributed by atoms with E-state index in [1.807, 2.05) is 18.2 Å². The highest BCUT2D eigenvalue weighted by molar-refractivity contribution is 14.0. The average molecular weight is 362 g/mol. The van der Waals surface area contributed by atoms with Gasteiger partial charge >= 0.3 is 0 Å². The Hall–Kier alpha value is -0.850. The Morgan fingerprint density at radius 3 is 2.72 bits per heavy atom. The predicted octanol–water partition coefficient (Wildman–Crippen LogP) is 2.55. The van der Waals surface area contributed by atoms with Crippen LogP contribution < -0.4 is 10.6 Å². The van der Waals surface area contributed by atoms with Gasteiger partial charge < -0.3 is 10.6 Å². The second kappa shape index (κ2) is 10.1. The Bertz CT molecular complexity index is 340. The molecule has 1 aromatic heterocycles. The van der Waals surface area contributed by atoms with Gasteiger partial charge in [0.25, 0.3) is 0 Å². The lowest BCUT2D eigenvalue weighted by Crippen LogP contribution is -2.41. The molecule has 102 valence electrons. The molecule has 0 amide bonds. The van der Waals surface area contributed by atoms with Crippen LogP contribution in [0.25, 0.3) is 0 Å². The van der Waals surface area contributed by atoms with Crippen molar-refractivity contribution in [2.45, 2.75) is 39.8 Å². The molecule has 0 aliphatic heterocycles. The Balaban J connectivity index is 0.00000289. The highest BCUT2D eigenvalue weighted by atomic mass is 127. The van der Waals surface area contributed by atoms with E-state index >= 15 is 0 Å². The molecular formula is C13H23IN4. The molecule has 4 nitrogen and oxygen atoms in total. The van der Waals surface area contributed by atoms with Gasteiger partial charge in [-0.3, -0.25) is 4.98 Å². The van der Waals surface area contributed by atoms with Crippen LogP contribution in [0.15, 0.2) is 29.4 Å². The van der Waals surface area contributed by atoms with Crippen molar-refractivity contribution in [1.29, 1.82) is 0 Å². The summed E-state index contributed by atoms with van der Waals surface area (Å²) in [5.41, 5.74) is 0.980. The molecule has 0 aromatic carbocycles. The molecular weight excluding hydrogens is 339 g/mol. The predicted molar refractivity (Wildman–Crippen MR) is 87.4 cm³/mol. The van der Waals surface area contributed by atoms with Gasteiger partial charge in [0.1, 0.15) is 0 Å². The number of halogens is 1. The maximum absolute atomic E-state index is 4.50. The van der Waals surface area contributed by atoms with Gasteiger partial charge in [0.2, 0.25) is 0 Å². The number of nitrogens with one attached hydrogen (secondary N) is 2. The second-order valence-corrected chi connectivity index (χ2v) is 3.97. The van der Waals surface area contributed by atoms with Crippen molar-refractivity contribution in [3.63, 3.8) is 0 Å². The Morgan fingerprint density at radius 1 is 1.39 bits per heavy atom. The van der Waals surface area contributed by atoms with E-state index in [-0.39, 0.29) is 24.0 Å². The molecule has 2 N–H and O–H groups in total. The van der Waals surface area contributed by atoms with Gasteiger partial charge in [0, 0.05) is 18.8 Å². The van der Waals surface area contributed by atoms with Gasteiger partial charge in [-0.1, -0.05) is 13.0 Å². The minimum atomic E-state index is 0. The number of nitrogens with zero attached hydrogens (tertiary/aromatic N) is 2. The maximum Gasteiger partial charge on any atom is 0.191 e. The largest absolute Gasteiger partial charge is 0.357 e. The minimum absolute atomic E-state index is 0. The molecule has 0 saturated heterocycles. The summed E-state index contributed by atoms with van der Waals surface area (Å²) < 4.78 is 0. The summed E-state index contributed by atoms with van der Waals surface area (Å²) >= 11 is 0. The van der Waals surface area contributed by atoms with Gasteiger partial charge in [0.15, 0.2) is 5.96 Å². The van der Waals surface area contributed by atoms with E-state index in [4.69, 9.17) is 0 Å². The fourth-order valence-corrected chi connectivity index (χ4v) is 1.31. The molecule has 1 rings (SSSR count). The quantitative estimate of drug-likeness (QED) is 0.481. The van der Waals surface area contributed by atoms with Crippen molar-refractivity contribution in [3.8, 4) is 0 Å². The van der Waals surface area contributed by atoms with Crippen molar-refractivity contribution in [3.05, 3.63) is 30.1 Å². The summed E-state index contributed by atoms with van der Waals surface area (Å²) in [5, 5.41) is 6.58. The lowest BCUT2D eigenvalue weighted by atomic mass is 10.3. The first-order chi connectivity index (χ1) is 8.26. The highest BCUT2D eigenvalue weighted by Crippen LogP contribution is 1.96. The van der Waals surface area contributed by atoms with Crippen molar-refractivity contribution in [2.75, 3.05) is 6.54 Å². The number of rotatable bonds is 5. The van der Waals surface area contributed by atoms with Crippen LogP contribution in [-0.4, -0.2) is 23.5 Å². The first-order valence-electron chi connectivity index (χ1n) is 6.21. The molecule has 1 heterocycles. The zero-order chi connectivity index (χ0) is 12.5.